The Morgan fingerprint density at radius 3 is 2.48 bits per heavy atom. The lowest BCUT2D eigenvalue weighted by molar-refractivity contribution is -0.122. The number of methoxy groups -OCH3 is 1. The predicted molar refractivity (Wildman–Crippen MR) is 139 cm³/mol. The molecule has 2 N–H and O–H groups in total. The first-order chi connectivity index (χ1) is 14.4. The second-order valence-corrected chi connectivity index (χ2v) is 7.78. The summed E-state index contributed by atoms with van der Waals surface area (Å²) in [4.78, 5) is 23.5. The lowest BCUT2D eigenvalue weighted by Gasteiger charge is -2.36. The minimum atomic E-state index is 0. The van der Waals surface area contributed by atoms with Gasteiger partial charge in [0.05, 0.1) is 19.7 Å². The average Bonchev–Trinajstić information content (AvgIpc) is 2.72. The van der Waals surface area contributed by atoms with Crippen molar-refractivity contribution in [1.82, 2.24) is 20.4 Å². The van der Waals surface area contributed by atoms with E-state index in [1.54, 1.807) is 7.11 Å². The van der Waals surface area contributed by atoms with Crippen molar-refractivity contribution >= 4 is 41.5 Å². The smallest absolute Gasteiger partial charge is 0.234 e. The number of anilines is 1. The minimum absolute atomic E-state index is 0. The van der Waals surface area contributed by atoms with Crippen LogP contribution < -0.4 is 15.5 Å². The second kappa shape index (κ2) is 14.5. The molecule has 31 heavy (non-hydrogen) atoms. The molecule has 9 heteroatoms. The molecule has 0 saturated carbocycles. The summed E-state index contributed by atoms with van der Waals surface area (Å²) < 4.78 is 4.97. The molecule has 0 atom stereocenters. The van der Waals surface area contributed by atoms with Crippen LogP contribution in [0.15, 0.2) is 23.2 Å². The van der Waals surface area contributed by atoms with Crippen molar-refractivity contribution in [3.8, 4) is 0 Å². The Morgan fingerprint density at radius 2 is 1.90 bits per heavy atom. The molecule has 0 unspecified atom stereocenters. The molecule has 0 radical (unpaired) electrons. The number of benzene rings is 1. The number of guanidine groups is 1. The van der Waals surface area contributed by atoms with Crippen LogP contribution in [0.5, 0.6) is 0 Å². The second-order valence-electron chi connectivity index (χ2n) is 7.78. The number of rotatable bonds is 9. The number of ether oxygens (including phenoxy) is 1. The Kier molecular flexibility index (Phi) is 12.8. The van der Waals surface area contributed by atoms with Crippen LogP contribution >= 0.6 is 24.0 Å². The first-order valence-electron chi connectivity index (χ1n) is 10.7. The Labute approximate surface area is 204 Å². The number of amides is 1. The highest BCUT2D eigenvalue weighted by Crippen LogP contribution is 2.18. The van der Waals surface area contributed by atoms with Gasteiger partial charge in [-0.3, -0.25) is 9.69 Å². The molecule has 0 spiro atoms. The van der Waals surface area contributed by atoms with Gasteiger partial charge < -0.3 is 25.2 Å². The standard InChI is InChI=1S/C22H38N6O2.HI/c1-6-23-22(25-16-19-7-8-20(26(3)4)15-18(19)2)28-12-10-27(11-13-28)17-21(29)24-9-14-30-5;/h7-8,15H,6,9-14,16-17H2,1-5H3,(H,23,25)(H,24,29);1H. The fourth-order valence-electron chi connectivity index (χ4n) is 3.39. The zero-order chi connectivity index (χ0) is 21.9. The maximum absolute atomic E-state index is 12.0. The molecular weight excluding hydrogens is 507 g/mol. The molecule has 1 amide bonds. The van der Waals surface area contributed by atoms with Crippen LogP contribution in [-0.2, 0) is 16.1 Å². The maximum Gasteiger partial charge on any atom is 0.234 e. The molecule has 1 saturated heterocycles. The van der Waals surface area contributed by atoms with E-state index >= 15 is 0 Å². The number of hydrogen-bond acceptors (Lipinski definition) is 5. The molecule has 0 bridgehead atoms. The van der Waals surface area contributed by atoms with Gasteiger partial charge in [0.1, 0.15) is 0 Å². The van der Waals surface area contributed by atoms with Crippen LogP contribution in [0.3, 0.4) is 0 Å². The van der Waals surface area contributed by atoms with Crippen LogP contribution in [0.4, 0.5) is 5.69 Å². The topological polar surface area (TPSA) is 72.4 Å². The van der Waals surface area contributed by atoms with E-state index in [0.29, 0.717) is 26.2 Å². The summed E-state index contributed by atoms with van der Waals surface area (Å²) in [7, 11) is 5.74. The molecule has 2 rings (SSSR count). The highest BCUT2D eigenvalue weighted by atomic mass is 127. The first kappa shape index (κ1) is 27.4. The summed E-state index contributed by atoms with van der Waals surface area (Å²) >= 11 is 0. The zero-order valence-corrected chi connectivity index (χ0v) is 21.9. The largest absolute Gasteiger partial charge is 0.383 e. The summed E-state index contributed by atoms with van der Waals surface area (Å²) in [5.41, 5.74) is 3.70. The highest BCUT2D eigenvalue weighted by molar-refractivity contribution is 14.0. The molecule has 1 heterocycles. The number of carbonyl (C=O) groups excluding carboxylic acids is 1. The van der Waals surface area contributed by atoms with Gasteiger partial charge in [0, 0.05) is 66.2 Å². The highest BCUT2D eigenvalue weighted by Gasteiger charge is 2.21. The summed E-state index contributed by atoms with van der Waals surface area (Å²) in [6.07, 6.45) is 0. The zero-order valence-electron chi connectivity index (χ0n) is 19.6. The van der Waals surface area contributed by atoms with E-state index in [1.165, 1.54) is 16.8 Å². The molecule has 0 aromatic heterocycles. The number of aryl methyl sites for hydroxylation is 1. The van der Waals surface area contributed by atoms with Crippen LogP contribution in [0.2, 0.25) is 0 Å². The first-order valence-corrected chi connectivity index (χ1v) is 10.7. The van der Waals surface area contributed by atoms with Crippen molar-refractivity contribution < 1.29 is 9.53 Å². The Bertz CT molecular complexity index is 705. The van der Waals surface area contributed by atoms with Crippen molar-refractivity contribution in [2.75, 3.05) is 78.5 Å². The molecule has 1 aromatic rings. The lowest BCUT2D eigenvalue weighted by Crippen LogP contribution is -2.54. The van der Waals surface area contributed by atoms with Crippen molar-refractivity contribution in [3.63, 3.8) is 0 Å². The fraction of sp³-hybridized carbons (Fsp3) is 0.636. The van der Waals surface area contributed by atoms with Crippen LogP contribution in [0, 0.1) is 6.92 Å². The van der Waals surface area contributed by atoms with Gasteiger partial charge >= 0.3 is 0 Å². The van der Waals surface area contributed by atoms with Gasteiger partial charge in [0.25, 0.3) is 0 Å². The van der Waals surface area contributed by atoms with Gasteiger partial charge in [-0.15, -0.1) is 24.0 Å². The average molecular weight is 546 g/mol. The van der Waals surface area contributed by atoms with E-state index in [9.17, 15) is 4.79 Å². The van der Waals surface area contributed by atoms with Gasteiger partial charge in [-0.1, -0.05) is 6.07 Å². The Hall–Kier alpha value is -1.59. The third-order valence-electron chi connectivity index (χ3n) is 5.24. The molecule has 1 aliphatic heterocycles. The summed E-state index contributed by atoms with van der Waals surface area (Å²) in [5, 5.41) is 6.30. The van der Waals surface area contributed by atoms with Gasteiger partial charge in [-0.2, -0.15) is 0 Å². The summed E-state index contributed by atoms with van der Waals surface area (Å²) in [6, 6.07) is 6.51. The third-order valence-corrected chi connectivity index (χ3v) is 5.24. The summed E-state index contributed by atoms with van der Waals surface area (Å²) in [5.74, 6) is 0.996. The Balaban J connectivity index is 0.00000480. The van der Waals surface area contributed by atoms with Crippen LogP contribution in [-0.4, -0.2) is 95.3 Å². The van der Waals surface area contributed by atoms with Crippen molar-refractivity contribution in [3.05, 3.63) is 29.3 Å². The van der Waals surface area contributed by atoms with Crippen molar-refractivity contribution in [2.45, 2.75) is 20.4 Å². The van der Waals surface area contributed by atoms with E-state index in [0.717, 1.165) is 38.7 Å². The SMILES string of the molecule is CCNC(=NCc1ccc(N(C)C)cc1C)N1CCN(CC(=O)NCCOC)CC1.I. The van der Waals surface area contributed by atoms with E-state index in [4.69, 9.17) is 9.73 Å². The number of nitrogens with zero attached hydrogens (tertiary/aromatic N) is 4. The number of piperazine rings is 1. The van der Waals surface area contributed by atoms with Crippen LogP contribution in [0.25, 0.3) is 0 Å². The molecule has 1 aliphatic rings. The minimum Gasteiger partial charge on any atom is -0.383 e. The lowest BCUT2D eigenvalue weighted by atomic mass is 10.1. The molecule has 1 aromatic carbocycles. The van der Waals surface area contributed by atoms with Gasteiger partial charge in [0.2, 0.25) is 5.91 Å². The Morgan fingerprint density at radius 1 is 1.19 bits per heavy atom. The van der Waals surface area contributed by atoms with Crippen LogP contribution in [0.1, 0.15) is 18.1 Å². The molecular formula is C22H39IN6O2. The number of hydrogen-bond donors (Lipinski definition) is 2. The van der Waals surface area contributed by atoms with E-state index in [2.05, 4.69) is 71.5 Å². The van der Waals surface area contributed by atoms with Crippen molar-refractivity contribution in [2.24, 2.45) is 4.99 Å². The van der Waals surface area contributed by atoms with E-state index < -0.39 is 0 Å². The van der Waals surface area contributed by atoms with Gasteiger partial charge in [0.15, 0.2) is 5.96 Å². The van der Waals surface area contributed by atoms with E-state index in [1.807, 2.05) is 0 Å². The number of aliphatic imine (C=N–C) groups is 1. The van der Waals surface area contributed by atoms with Gasteiger partial charge in [-0.25, -0.2) is 4.99 Å². The molecule has 176 valence electrons. The quantitative estimate of drug-likeness (QED) is 0.212. The molecule has 8 nitrogen and oxygen atoms in total. The fourth-order valence-corrected chi connectivity index (χ4v) is 3.39. The van der Waals surface area contributed by atoms with E-state index in [-0.39, 0.29) is 29.9 Å². The number of nitrogens with one attached hydrogen (secondary N) is 2. The third kappa shape index (κ3) is 9.20. The van der Waals surface area contributed by atoms with Gasteiger partial charge in [-0.05, 0) is 37.1 Å². The molecule has 1 fully saturated rings. The maximum atomic E-state index is 12.0. The number of carbonyl (C=O) groups is 1. The molecule has 0 aliphatic carbocycles. The predicted octanol–water partition coefficient (Wildman–Crippen LogP) is 1.52. The summed E-state index contributed by atoms with van der Waals surface area (Å²) in [6.45, 7) is 10.7. The number of halogens is 1. The normalized spacial score (nSPS) is 14.7. The van der Waals surface area contributed by atoms with Crippen molar-refractivity contribution in [1.29, 1.82) is 0 Å². The monoisotopic (exact) mass is 546 g/mol.